The van der Waals surface area contributed by atoms with Gasteiger partial charge in [-0.2, -0.15) is 0 Å². The van der Waals surface area contributed by atoms with Gasteiger partial charge in [0, 0.05) is 19.3 Å². The first-order chi connectivity index (χ1) is 37.6. The third-order valence-corrected chi connectivity index (χ3v) is 14.0. The zero-order chi connectivity index (χ0) is 56.1. The zero-order valence-corrected chi connectivity index (χ0v) is 49.0. The second-order valence-corrected chi connectivity index (χ2v) is 21.3. The van der Waals surface area contributed by atoms with E-state index in [4.69, 9.17) is 23.7 Å². The van der Waals surface area contributed by atoms with Crippen LogP contribution in [0.3, 0.4) is 0 Å². The Labute approximate surface area is 468 Å². The molecule has 0 saturated carbocycles. The number of hydrogen-bond acceptors (Lipinski definition) is 11. The van der Waals surface area contributed by atoms with Crippen LogP contribution in [0, 0.1) is 0 Å². The number of rotatable bonds is 53. The summed E-state index contributed by atoms with van der Waals surface area (Å²) in [4.78, 5) is 51.2. The van der Waals surface area contributed by atoms with Crippen LogP contribution >= 0.6 is 0 Å². The highest BCUT2D eigenvalue weighted by Crippen LogP contribution is 2.26. The van der Waals surface area contributed by atoms with Crippen molar-refractivity contribution < 1.29 is 58.2 Å². The van der Waals surface area contributed by atoms with Gasteiger partial charge in [0.2, 0.25) is 0 Å². The predicted octanol–water partition coefficient (Wildman–Crippen LogP) is 16.3. The first-order valence-electron chi connectivity index (χ1n) is 31.3. The molecule has 0 amide bonds. The molecule has 1 saturated heterocycles. The Balaban J connectivity index is 2.69. The Morgan fingerprint density at radius 2 is 0.779 bits per heavy atom. The molecule has 0 aliphatic carbocycles. The molecule has 6 atom stereocenters. The fourth-order valence-corrected chi connectivity index (χ4v) is 9.19. The van der Waals surface area contributed by atoms with Gasteiger partial charge in [0.25, 0.3) is 0 Å². The van der Waals surface area contributed by atoms with E-state index in [1.165, 1.54) is 103 Å². The van der Waals surface area contributed by atoms with Gasteiger partial charge in [0.05, 0.1) is 6.61 Å². The zero-order valence-electron chi connectivity index (χ0n) is 49.0. The van der Waals surface area contributed by atoms with E-state index in [0.29, 0.717) is 19.3 Å². The fraction of sp³-hybridized carbons (Fsp3) is 0.785. The molecule has 0 bridgehead atoms. The van der Waals surface area contributed by atoms with E-state index in [1.807, 2.05) is 0 Å². The number of esters is 3. The van der Waals surface area contributed by atoms with E-state index in [1.54, 1.807) is 0 Å². The first-order valence-corrected chi connectivity index (χ1v) is 31.3. The van der Waals surface area contributed by atoms with Crippen molar-refractivity contribution in [1.29, 1.82) is 0 Å². The second kappa shape index (κ2) is 53.1. The van der Waals surface area contributed by atoms with Crippen molar-refractivity contribution in [2.45, 2.75) is 314 Å². The molecule has 0 aromatic carbocycles. The molecule has 1 rings (SSSR count). The number of carbonyl (C=O) groups is 4. The number of ether oxygens (including phenoxy) is 5. The number of aliphatic hydroxyl groups is 2. The van der Waals surface area contributed by atoms with Crippen LogP contribution < -0.4 is 0 Å². The number of allylic oxidation sites excluding steroid dienone is 10. The minimum absolute atomic E-state index is 0.0422. The molecule has 1 aliphatic heterocycles. The maximum Gasteiger partial charge on any atom is 0.335 e. The van der Waals surface area contributed by atoms with E-state index in [-0.39, 0.29) is 25.9 Å². The van der Waals surface area contributed by atoms with E-state index < -0.39 is 67.3 Å². The molecule has 0 aromatic heterocycles. The smallest absolute Gasteiger partial charge is 0.335 e. The molecule has 1 aliphatic rings. The molecule has 0 radical (unpaired) electrons. The summed E-state index contributed by atoms with van der Waals surface area (Å²) in [5.41, 5.74) is 0. The number of hydrogen-bond donors (Lipinski definition) is 3. The van der Waals surface area contributed by atoms with E-state index in [9.17, 15) is 34.5 Å². The highest BCUT2D eigenvalue weighted by atomic mass is 16.7. The lowest BCUT2D eigenvalue weighted by molar-refractivity contribution is -0.301. The lowest BCUT2D eigenvalue weighted by Gasteiger charge is -2.40. The molecular formula is C65H112O12. The standard InChI is InChI=1S/C65H112O12/c1-4-7-10-13-16-19-22-25-28-29-32-33-36-39-42-45-48-51-57(66)73-54-56(75-58(67)52-49-46-43-40-37-34-30-26-23-20-17-14-11-8-5-2)55-74-65-63(61(70)60(69)62(77-65)64(71)72)76-59(68)53-50-47-44-41-38-35-31-27-24-21-18-15-12-9-6-3/h17-18,20-21,25-28,30-31,56,60-63,65,69-70H,4-16,19,22-24,29,32-55H2,1-3H3,(H,71,72)/b20-17-,21-18-,28-25-,30-26-,31-27-. The number of carbonyl (C=O) groups excluding carboxylic acids is 3. The highest BCUT2D eigenvalue weighted by molar-refractivity contribution is 5.74. The lowest BCUT2D eigenvalue weighted by atomic mass is 9.98. The molecular weight excluding hydrogens is 973 g/mol. The largest absolute Gasteiger partial charge is 0.479 e. The van der Waals surface area contributed by atoms with Crippen molar-refractivity contribution in [3.05, 3.63) is 60.8 Å². The number of carboxylic acids is 1. The van der Waals surface area contributed by atoms with Crippen LogP contribution in [-0.2, 0) is 42.9 Å². The third-order valence-electron chi connectivity index (χ3n) is 14.0. The van der Waals surface area contributed by atoms with Crippen LogP contribution in [-0.4, -0.2) is 89.2 Å². The number of carboxylic acid groups (broad SMARTS) is 1. The summed E-state index contributed by atoms with van der Waals surface area (Å²) < 4.78 is 28.5. The summed E-state index contributed by atoms with van der Waals surface area (Å²) in [6.45, 7) is 5.93. The summed E-state index contributed by atoms with van der Waals surface area (Å²) in [7, 11) is 0. The van der Waals surface area contributed by atoms with Crippen LogP contribution in [0.1, 0.15) is 278 Å². The Hall–Kier alpha value is -3.58. The van der Waals surface area contributed by atoms with Crippen molar-refractivity contribution in [3.63, 3.8) is 0 Å². The minimum atomic E-state index is -1.91. The average molecular weight is 1090 g/mol. The van der Waals surface area contributed by atoms with Crippen LogP contribution in [0.2, 0.25) is 0 Å². The number of aliphatic hydroxyl groups excluding tert-OH is 2. The first kappa shape index (κ1) is 71.4. The molecule has 77 heavy (non-hydrogen) atoms. The maximum atomic E-state index is 13.2. The summed E-state index contributed by atoms with van der Waals surface area (Å²) in [5, 5.41) is 31.5. The number of unbranched alkanes of at least 4 members (excludes halogenated alkanes) is 29. The maximum absolute atomic E-state index is 13.2. The summed E-state index contributed by atoms with van der Waals surface area (Å²) >= 11 is 0. The summed E-state index contributed by atoms with van der Waals surface area (Å²) in [6.07, 6.45) is 53.2. The van der Waals surface area contributed by atoms with Gasteiger partial charge < -0.3 is 39.0 Å². The summed E-state index contributed by atoms with van der Waals surface area (Å²) in [6, 6.07) is 0. The van der Waals surface area contributed by atoms with Crippen molar-refractivity contribution in [2.24, 2.45) is 0 Å². The van der Waals surface area contributed by atoms with Crippen molar-refractivity contribution >= 4 is 23.9 Å². The molecule has 3 N–H and O–H groups in total. The monoisotopic (exact) mass is 1080 g/mol. The van der Waals surface area contributed by atoms with E-state index in [0.717, 1.165) is 116 Å². The van der Waals surface area contributed by atoms with Crippen LogP contribution in [0.15, 0.2) is 60.8 Å². The fourth-order valence-electron chi connectivity index (χ4n) is 9.19. The van der Waals surface area contributed by atoms with Gasteiger partial charge in [-0.3, -0.25) is 14.4 Å². The molecule has 12 nitrogen and oxygen atoms in total. The lowest BCUT2D eigenvalue weighted by Crippen LogP contribution is -2.61. The highest BCUT2D eigenvalue weighted by Gasteiger charge is 2.50. The second-order valence-electron chi connectivity index (χ2n) is 21.3. The van der Waals surface area contributed by atoms with E-state index in [2.05, 4.69) is 81.5 Å². The van der Waals surface area contributed by atoms with Gasteiger partial charge in [-0.05, 0) is 109 Å². The van der Waals surface area contributed by atoms with Crippen LogP contribution in [0.4, 0.5) is 0 Å². The summed E-state index contributed by atoms with van der Waals surface area (Å²) in [5.74, 6) is -3.15. The molecule has 1 fully saturated rings. The Morgan fingerprint density at radius 1 is 0.429 bits per heavy atom. The molecule has 0 aromatic rings. The molecule has 6 unspecified atom stereocenters. The van der Waals surface area contributed by atoms with Crippen molar-refractivity contribution in [2.75, 3.05) is 13.2 Å². The Bertz CT molecular complexity index is 1570. The van der Waals surface area contributed by atoms with Gasteiger partial charge in [0.15, 0.2) is 24.6 Å². The molecule has 1 heterocycles. The van der Waals surface area contributed by atoms with Crippen molar-refractivity contribution in [1.82, 2.24) is 0 Å². The Morgan fingerprint density at radius 3 is 1.21 bits per heavy atom. The normalized spacial score (nSPS) is 18.4. The van der Waals surface area contributed by atoms with E-state index >= 15 is 0 Å². The number of aliphatic carboxylic acids is 1. The molecule has 0 spiro atoms. The topological polar surface area (TPSA) is 175 Å². The molecule has 12 heteroatoms. The van der Waals surface area contributed by atoms with Gasteiger partial charge in [0.1, 0.15) is 18.8 Å². The SMILES string of the molecule is CCCCC/C=C\C/C=C\CCCCCCCC(=O)OC(COC(=O)CCCCCCCCC/C=C\CCCCCCCC)COC1OC(C(=O)O)C(O)C(O)C1OC(=O)CCCCCCC/C=C\C/C=C\CCCCC. The average Bonchev–Trinajstić information content (AvgIpc) is 3.43. The third kappa shape index (κ3) is 43.0. The van der Waals surface area contributed by atoms with Gasteiger partial charge in [-0.25, -0.2) is 4.79 Å². The van der Waals surface area contributed by atoms with Gasteiger partial charge >= 0.3 is 23.9 Å². The minimum Gasteiger partial charge on any atom is -0.479 e. The molecule has 444 valence electrons. The quantitative estimate of drug-likeness (QED) is 0.0228. The Kier molecular flexibility index (Phi) is 49.2. The van der Waals surface area contributed by atoms with Crippen LogP contribution in [0.25, 0.3) is 0 Å². The van der Waals surface area contributed by atoms with Crippen molar-refractivity contribution in [3.8, 4) is 0 Å². The van der Waals surface area contributed by atoms with Gasteiger partial charge in [-0.15, -0.1) is 0 Å². The van der Waals surface area contributed by atoms with Crippen LogP contribution in [0.5, 0.6) is 0 Å². The van der Waals surface area contributed by atoms with Gasteiger partial charge in [-0.1, -0.05) is 210 Å². The predicted molar refractivity (Wildman–Crippen MR) is 312 cm³/mol.